The minimum atomic E-state index is -0.112. The molecule has 3 rings (SSSR count). The van der Waals surface area contributed by atoms with Gasteiger partial charge < -0.3 is 10.2 Å². The van der Waals surface area contributed by atoms with Gasteiger partial charge in [0.05, 0.1) is 0 Å². The molecule has 1 aromatic rings. The van der Waals surface area contributed by atoms with Crippen LogP contribution in [0.4, 0.5) is 0 Å². The highest BCUT2D eigenvalue weighted by Gasteiger charge is 2.24. The number of piperazine rings is 1. The summed E-state index contributed by atoms with van der Waals surface area (Å²) in [6, 6.07) is 10.7. The highest BCUT2D eigenvalue weighted by molar-refractivity contribution is 5.97. The molecule has 0 atom stereocenters. The number of hydrogen-bond donors (Lipinski definition) is 1. The fraction of sp³-hybridized carbons (Fsp3) is 0.579. The number of nitrogens with one attached hydrogen (secondary N) is 1. The van der Waals surface area contributed by atoms with Crippen molar-refractivity contribution in [2.75, 3.05) is 26.2 Å². The lowest BCUT2D eigenvalue weighted by atomic mass is 10.2. The van der Waals surface area contributed by atoms with Crippen LogP contribution in [0.1, 0.15) is 37.7 Å². The van der Waals surface area contributed by atoms with Crippen LogP contribution < -0.4 is 5.32 Å². The molecule has 0 spiro atoms. The zero-order valence-corrected chi connectivity index (χ0v) is 14.2. The summed E-state index contributed by atoms with van der Waals surface area (Å²) in [7, 11) is 0. The van der Waals surface area contributed by atoms with Crippen LogP contribution in [0.15, 0.2) is 30.3 Å². The van der Waals surface area contributed by atoms with Crippen LogP contribution in [0.25, 0.3) is 0 Å². The van der Waals surface area contributed by atoms with Crippen molar-refractivity contribution in [2.24, 2.45) is 0 Å². The van der Waals surface area contributed by atoms with Gasteiger partial charge in [-0.1, -0.05) is 43.2 Å². The first-order chi connectivity index (χ1) is 11.7. The van der Waals surface area contributed by atoms with Gasteiger partial charge in [-0.05, 0) is 18.4 Å². The van der Waals surface area contributed by atoms with Gasteiger partial charge in [0, 0.05) is 38.8 Å². The molecule has 1 saturated carbocycles. The topological polar surface area (TPSA) is 52.7 Å². The zero-order chi connectivity index (χ0) is 16.8. The van der Waals surface area contributed by atoms with Crippen LogP contribution in [0.2, 0.25) is 0 Å². The normalized spacial score (nSPS) is 19.4. The fourth-order valence-electron chi connectivity index (χ4n) is 3.60. The van der Waals surface area contributed by atoms with Crippen molar-refractivity contribution in [3.63, 3.8) is 0 Å². The Morgan fingerprint density at radius 3 is 2.33 bits per heavy atom. The minimum absolute atomic E-state index is 0.00478. The van der Waals surface area contributed by atoms with Gasteiger partial charge in [0.25, 0.3) is 0 Å². The van der Waals surface area contributed by atoms with Gasteiger partial charge in [0.2, 0.25) is 11.8 Å². The Kier molecular flexibility index (Phi) is 5.86. The summed E-state index contributed by atoms with van der Waals surface area (Å²) in [6.07, 6.45) is 4.47. The molecule has 2 aliphatic rings. The highest BCUT2D eigenvalue weighted by atomic mass is 16.2. The first-order valence-electron chi connectivity index (χ1n) is 9.04. The van der Waals surface area contributed by atoms with E-state index in [0.29, 0.717) is 13.1 Å². The van der Waals surface area contributed by atoms with E-state index in [1.54, 1.807) is 0 Å². The Morgan fingerprint density at radius 2 is 1.67 bits per heavy atom. The molecule has 1 aliphatic carbocycles. The van der Waals surface area contributed by atoms with Crippen molar-refractivity contribution in [3.05, 3.63) is 35.9 Å². The molecule has 24 heavy (non-hydrogen) atoms. The maximum absolute atomic E-state index is 12.3. The molecule has 1 aliphatic heterocycles. The minimum Gasteiger partial charge on any atom is -0.353 e. The molecule has 130 valence electrons. The van der Waals surface area contributed by atoms with Gasteiger partial charge in [-0.2, -0.15) is 0 Å². The molecular weight excluding hydrogens is 302 g/mol. The molecule has 1 N–H and O–H groups in total. The molecule has 5 heteroatoms. The Hall–Kier alpha value is -1.88. The predicted molar refractivity (Wildman–Crippen MR) is 93.3 cm³/mol. The van der Waals surface area contributed by atoms with Gasteiger partial charge in [-0.15, -0.1) is 0 Å². The van der Waals surface area contributed by atoms with Gasteiger partial charge >= 0.3 is 0 Å². The Balaban J connectivity index is 1.39. The molecule has 0 aromatic heterocycles. The van der Waals surface area contributed by atoms with Gasteiger partial charge in [0.15, 0.2) is 0 Å². The quantitative estimate of drug-likeness (QED) is 0.838. The van der Waals surface area contributed by atoms with Crippen LogP contribution >= 0.6 is 0 Å². The van der Waals surface area contributed by atoms with Crippen molar-refractivity contribution in [2.45, 2.75) is 44.7 Å². The van der Waals surface area contributed by atoms with E-state index in [9.17, 15) is 9.59 Å². The number of carbonyl (C=O) groups is 2. The van der Waals surface area contributed by atoms with Gasteiger partial charge in [0.1, 0.15) is 6.42 Å². The molecule has 5 nitrogen and oxygen atoms in total. The molecule has 1 aromatic carbocycles. The predicted octanol–water partition coefficient (Wildman–Crippen LogP) is 1.78. The Morgan fingerprint density at radius 1 is 1.00 bits per heavy atom. The van der Waals surface area contributed by atoms with Crippen molar-refractivity contribution in [3.8, 4) is 0 Å². The van der Waals surface area contributed by atoms with E-state index in [1.165, 1.54) is 18.4 Å². The number of rotatable bonds is 5. The van der Waals surface area contributed by atoms with Crippen LogP contribution in [0, 0.1) is 0 Å². The van der Waals surface area contributed by atoms with Crippen LogP contribution in [0.3, 0.4) is 0 Å². The van der Waals surface area contributed by atoms with E-state index >= 15 is 0 Å². The van der Waals surface area contributed by atoms with E-state index in [0.717, 1.165) is 32.5 Å². The first-order valence-corrected chi connectivity index (χ1v) is 9.04. The van der Waals surface area contributed by atoms with E-state index in [1.807, 2.05) is 11.0 Å². The molecule has 1 heterocycles. The van der Waals surface area contributed by atoms with Crippen LogP contribution in [0.5, 0.6) is 0 Å². The van der Waals surface area contributed by atoms with Crippen molar-refractivity contribution in [1.82, 2.24) is 15.1 Å². The van der Waals surface area contributed by atoms with Crippen molar-refractivity contribution < 1.29 is 9.59 Å². The van der Waals surface area contributed by atoms with Crippen LogP contribution in [-0.4, -0.2) is 53.8 Å². The summed E-state index contributed by atoms with van der Waals surface area (Å²) < 4.78 is 0. The number of benzene rings is 1. The first kappa shape index (κ1) is 17.0. The fourth-order valence-corrected chi connectivity index (χ4v) is 3.60. The van der Waals surface area contributed by atoms with E-state index in [2.05, 4.69) is 34.5 Å². The Labute approximate surface area is 144 Å². The Bertz CT molecular complexity index is 547. The summed E-state index contributed by atoms with van der Waals surface area (Å²) in [4.78, 5) is 28.5. The molecular formula is C19H27N3O2. The number of nitrogens with zero attached hydrogens (tertiary/aromatic N) is 2. The zero-order valence-electron chi connectivity index (χ0n) is 14.2. The van der Waals surface area contributed by atoms with Crippen LogP contribution in [-0.2, 0) is 16.1 Å². The molecule has 1 saturated heterocycles. The summed E-state index contributed by atoms with van der Waals surface area (Å²) in [5.41, 5.74) is 1.30. The molecule has 2 fully saturated rings. The third-order valence-electron chi connectivity index (χ3n) is 5.01. The lowest BCUT2D eigenvalue weighted by Crippen LogP contribution is -2.49. The summed E-state index contributed by atoms with van der Waals surface area (Å²) in [5, 5.41) is 2.99. The smallest absolute Gasteiger partial charge is 0.232 e. The van der Waals surface area contributed by atoms with Crippen molar-refractivity contribution >= 4 is 11.8 Å². The molecule has 0 bridgehead atoms. The second kappa shape index (κ2) is 8.29. The van der Waals surface area contributed by atoms with Gasteiger partial charge in [-0.3, -0.25) is 14.5 Å². The van der Waals surface area contributed by atoms with Crippen molar-refractivity contribution in [1.29, 1.82) is 0 Å². The lowest BCUT2D eigenvalue weighted by Gasteiger charge is -2.34. The molecule has 0 radical (unpaired) electrons. The summed E-state index contributed by atoms with van der Waals surface area (Å²) >= 11 is 0. The number of carbonyl (C=O) groups excluding carboxylic acids is 2. The molecule has 0 unspecified atom stereocenters. The SMILES string of the molecule is O=C(CC(=O)N1CCN(Cc2ccccc2)CC1)NC1CCCC1. The third kappa shape index (κ3) is 4.81. The largest absolute Gasteiger partial charge is 0.353 e. The summed E-state index contributed by atoms with van der Waals surface area (Å²) in [5.74, 6) is -0.150. The lowest BCUT2D eigenvalue weighted by molar-refractivity contribution is -0.137. The second-order valence-electron chi connectivity index (χ2n) is 6.87. The highest BCUT2D eigenvalue weighted by Crippen LogP contribution is 2.17. The third-order valence-corrected chi connectivity index (χ3v) is 5.01. The maximum atomic E-state index is 12.3. The molecule has 2 amide bonds. The van der Waals surface area contributed by atoms with E-state index in [4.69, 9.17) is 0 Å². The standard InChI is InChI=1S/C19H27N3O2/c23-18(20-17-8-4-5-9-17)14-19(24)22-12-10-21(11-13-22)15-16-6-2-1-3-7-16/h1-3,6-7,17H,4-5,8-15H2,(H,20,23). The average molecular weight is 329 g/mol. The number of hydrogen-bond acceptors (Lipinski definition) is 3. The maximum Gasteiger partial charge on any atom is 0.232 e. The van der Waals surface area contributed by atoms with E-state index < -0.39 is 0 Å². The van der Waals surface area contributed by atoms with Gasteiger partial charge in [-0.25, -0.2) is 0 Å². The average Bonchev–Trinajstić information content (AvgIpc) is 3.09. The van der Waals surface area contributed by atoms with E-state index in [-0.39, 0.29) is 24.3 Å². The monoisotopic (exact) mass is 329 g/mol. The second-order valence-corrected chi connectivity index (χ2v) is 6.87. The summed E-state index contributed by atoms with van der Waals surface area (Å²) in [6.45, 7) is 4.07. The number of amides is 2.